The summed E-state index contributed by atoms with van der Waals surface area (Å²) in [6.07, 6.45) is 2.14. The molecule has 0 unspecified atom stereocenters. The van der Waals surface area contributed by atoms with Crippen LogP contribution in [0.1, 0.15) is 40.4 Å². The fraction of sp³-hybridized carbons (Fsp3) is 0.222. The Morgan fingerprint density at radius 3 is 2.48 bits per heavy atom. The van der Waals surface area contributed by atoms with Crippen LogP contribution in [0.25, 0.3) is 0 Å². The molecule has 3 nitrogen and oxygen atoms in total. The molecule has 1 aliphatic rings. The van der Waals surface area contributed by atoms with Crippen molar-refractivity contribution in [2.24, 2.45) is 0 Å². The first-order chi connectivity index (χ1) is 10.2. The van der Waals surface area contributed by atoms with E-state index in [0.29, 0.717) is 24.0 Å². The highest BCUT2D eigenvalue weighted by atomic mass is 16.1. The number of carbonyl (C=O) groups excluding carboxylic acids is 2. The fourth-order valence-corrected chi connectivity index (χ4v) is 2.58. The van der Waals surface area contributed by atoms with Crippen LogP contribution in [0.5, 0.6) is 0 Å². The molecule has 1 N–H and O–H groups in total. The van der Waals surface area contributed by atoms with Crippen LogP contribution in [0.2, 0.25) is 0 Å². The fourth-order valence-electron chi connectivity index (χ4n) is 2.58. The largest absolute Gasteiger partial charge is 0.326 e. The molecule has 1 amide bonds. The molecule has 0 saturated heterocycles. The van der Waals surface area contributed by atoms with Crippen molar-refractivity contribution in [2.75, 3.05) is 5.32 Å². The molecule has 0 fully saturated rings. The molecule has 3 rings (SSSR count). The minimum absolute atomic E-state index is 0.0253. The van der Waals surface area contributed by atoms with Crippen molar-refractivity contribution < 1.29 is 9.59 Å². The molecule has 0 atom stereocenters. The number of anilines is 1. The second-order valence-corrected chi connectivity index (χ2v) is 5.30. The molecule has 1 heterocycles. The standard InChI is InChI=1S/C18H17NO2/c1-2-12-3-5-13(6-4-12)18(21)15-7-9-16-14(11-15)8-10-17(20)19-16/h3-7,9,11H,2,8,10H2,1H3,(H,19,20). The van der Waals surface area contributed by atoms with Crippen molar-refractivity contribution >= 4 is 17.4 Å². The molecule has 21 heavy (non-hydrogen) atoms. The summed E-state index contributed by atoms with van der Waals surface area (Å²) in [6, 6.07) is 13.2. The normalized spacial score (nSPS) is 13.5. The topological polar surface area (TPSA) is 46.2 Å². The number of aryl methyl sites for hydroxylation is 2. The van der Waals surface area contributed by atoms with Crippen LogP contribution in [0.3, 0.4) is 0 Å². The molecule has 0 aromatic heterocycles. The van der Waals surface area contributed by atoms with E-state index in [2.05, 4.69) is 12.2 Å². The van der Waals surface area contributed by atoms with Crippen LogP contribution in [0, 0.1) is 0 Å². The third-order valence-electron chi connectivity index (χ3n) is 3.89. The molecular weight excluding hydrogens is 262 g/mol. The Hall–Kier alpha value is -2.42. The van der Waals surface area contributed by atoms with Crippen molar-refractivity contribution in [1.29, 1.82) is 0 Å². The number of carbonyl (C=O) groups is 2. The van der Waals surface area contributed by atoms with Crippen molar-refractivity contribution in [2.45, 2.75) is 26.2 Å². The molecule has 0 spiro atoms. The van der Waals surface area contributed by atoms with Crippen LogP contribution < -0.4 is 5.32 Å². The average Bonchev–Trinajstić information content (AvgIpc) is 2.53. The van der Waals surface area contributed by atoms with Crippen LogP contribution in [-0.4, -0.2) is 11.7 Å². The number of nitrogens with one attached hydrogen (secondary N) is 1. The summed E-state index contributed by atoms with van der Waals surface area (Å²) < 4.78 is 0. The molecule has 3 heteroatoms. The van der Waals surface area contributed by atoms with Gasteiger partial charge < -0.3 is 5.32 Å². The van der Waals surface area contributed by atoms with E-state index in [0.717, 1.165) is 17.7 Å². The van der Waals surface area contributed by atoms with Gasteiger partial charge >= 0.3 is 0 Å². The van der Waals surface area contributed by atoms with Gasteiger partial charge in [0.2, 0.25) is 5.91 Å². The number of hydrogen-bond donors (Lipinski definition) is 1. The van der Waals surface area contributed by atoms with Gasteiger partial charge in [-0.3, -0.25) is 9.59 Å². The van der Waals surface area contributed by atoms with E-state index in [9.17, 15) is 9.59 Å². The lowest BCUT2D eigenvalue weighted by Gasteiger charge is -2.17. The quantitative estimate of drug-likeness (QED) is 0.876. The zero-order valence-electron chi connectivity index (χ0n) is 12.0. The minimum atomic E-state index is 0.0253. The highest BCUT2D eigenvalue weighted by Crippen LogP contribution is 2.24. The molecule has 2 aromatic carbocycles. The second kappa shape index (κ2) is 5.52. The first kappa shape index (κ1) is 13.6. The number of hydrogen-bond acceptors (Lipinski definition) is 2. The SMILES string of the molecule is CCc1ccc(C(=O)c2ccc3c(c2)CCC(=O)N3)cc1. The zero-order valence-corrected chi connectivity index (χ0v) is 12.0. The van der Waals surface area contributed by atoms with E-state index in [-0.39, 0.29) is 11.7 Å². The Morgan fingerprint density at radius 2 is 1.76 bits per heavy atom. The summed E-state index contributed by atoms with van der Waals surface area (Å²) >= 11 is 0. The van der Waals surface area contributed by atoms with E-state index in [4.69, 9.17) is 0 Å². The Balaban J connectivity index is 1.89. The van der Waals surface area contributed by atoms with Crippen molar-refractivity contribution in [3.05, 3.63) is 64.7 Å². The molecule has 106 valence electrons. The lowest BCUT2D eigenvalue weighted by molar-refractivity contribution is -0.116. The van der Waals surface area contributed by atoms with Crippen LogP contribution in [-0.2, 0) is 17.6 Å². The molecule has 0 saturated carbocycles. The molecule has 1 aliphatic heterocycles. The first-order valence-corrected chi connectivity index (χ1v) is 7.24. The zero-order chi connectivity index (χ0) is 14.8. The van der Waals surface area contributed by atoms with Gasteiger partial charge in [-0.2, -0.15) is 0 Å². The van der Waals surface area contributed by atoms with Crippen LogP contribution in [0.15, 0.2) is 42.5 Å². The third-order valence-corrected chi connectivity index (χ3v) is 3.89. The first-order valence-electron chi connectivity index (χ1n) is 7.24. The summed E-state index contributed by atoms with van der Waals surface area (Å²) in [7, 11) is 0. The average molecular weight is 279 g/mol. The van der Waals surface area contributed by atoms with Crippen molar-refractivity contribution in [3.63, 3.8) is 0 Å². The van der Waals surface area contributed by atoms with Gasteiger partial charge in [0, 0.05) is 23.2 Å². The Bertz CT molecular complexity index is 702. The van der Waals surface area contributed by atoms with E-state index in [1.165, 1.54) is 5.56 Å². The maximum atomic E-state index is 12.5. The van der Waals surface area contributed by atoms with Gasteiger partial charge in [-0.05, 0) is 42.2 Å². The van der Waals surface area contributed by atoms with Gasteiger partial charge in [0.15, 0.2) is 5.78 Å². The number of fused-ring (bicyclic) bond motifs is 1. The van der Waals surface area contributed by atoms with E-state index in [1.807, 2.05) is 36.4 Å². The van der Waals surface area contributed by atoms with Gasteiger partial charge in [-0.1, -0.05) is 31.2 Å². The van der Waals surface area contributed by atoms with Gasteiger partial charge in [0.1, 0.15) is 0 Å². The number of ketones is 1. The van der Waals surface area contributed by atoms with E-state index in [1.54, 1.807) is 6.07 Å². The molecule has 0 aliphatic carbocycles. The highest BCUT2D eigenvalue weighted by Gasteiger charge is 2.17. The predicted octanol–water partition coefficient (Wildman–Crippen LogP) is 3.36. The minimum Gasteiger partial charge on any atom is -0.326 e. The number of amides is 1. The maximum absolute atomic E-state index is 12.5. The highest BCUT2D eigenvalue weighted by molar-refractivity contribution is 6.09. The van der Waals surface area contributed by atoms with Gasteiger partial charge in [0.25, 0.3) is 0 Å². The summed E-state index contributed by atoms with van der Waals surface area (Å²) in [5.74, 6) is 0.0640. The number of rotatable bonds is 3. The Morgan fingerprint density at radius 1 is 1.05 bits per heavy atom. The van der Waals surface area contributed by atoms with Crippen LogP contribution in [0.4, 0.5) is 5.69 Å². The smallest absolute Gasteiger partial charge is 0.224 e. The predicted molar refractivity (Wildman–Crippen MR) is 82.6 cm³/mol. The number of benzene rings is 2. The van der Waals surface area contributed by atoms with E-state index < -0.39 is 0 Å². The monoisotopic (exact) mass is 279 g/mol. The maximum Gasteiger partial charge on any atom is 0.224 e. The molecule has 0 bridgehead atoms. The summed E-state index contributed by atoms with van der Waals surface area (Å²) in [6.45, 7) is 2.09. The summed E-state index contributed by atoms with van der Waals surface area (Å²) in [5.41, 5.74) is 4.45. The molecular formula is C18H17NO2. The lowest BCUT2D eigenvalue weighted by Crippen LogP contribution is -2.19. The third kappa shape index (κ3) is 2.72. The van der Waals surface area contributed by atoms with Gasteiger partial charge in [-0.15, -0.1) is 0 Å². The summed E-state index contributed by atoms with van der Waals surface area (Å²) in [4.78, 5) is 23.9. The van der Waals surface area contributed by atoms with Crippen molar-refractivity contribution in [1.82, 2.24) is 0 Å². The van der Waals surface area contributed by atoms with Crippen molar-refractivity contribution in [3.8, 4) is 0 Å². The van der Waals surface area contributed by atoms with E-state index >= 15 is 0 Å². The van der Waals surface area contributed by atoms with Gasteiger partial charge in [-0.25, -0.2) is 0 Å². The Kier molecular flexibility index (Phi) is 3.57. The van der Waals surface area contributed by atoms with Gasteiger partial charge in [0.05, 0.1) is 0 Å². The van der Waals surface area contributed by atoms with Crippen LogP contribution >= 0.6 is 0 Å². The Labute approximate surface area is 124 Å². The molecule has 2 aromatic rings. The lowest BCUT2D eigenvalue weighted by atomic mass is 9.96. The molecule has 0 radical (unpaired) electrons. The summed E-state index contributed by atoms with van der Waals surface area (Å²) in [5, 5.41) is 2.83. The second-order valence-electron chi connectivity index (χ2n) is 5.30.